The molecular weight excluding hydrogens is 771 g/mol. The first-order chi connectivity index (χ1) is 14.6. The molecule has 1 aromatic heterocycles. The molecule has 1 amide bonds. The zero-order chi connectivity index (χ0) is 22.9. The average Bonchev–Trinajstić information content (AvgIpc) is 2.73. The molecule has 0 saturated carbocycles. The maximum atomic E-state index is 12.7. The number of carbonyl (C=O) groups is 1. The summed E-state index contributed by atoms with van der Waals surface area (Å²) in [7, 11) is 0. The lowest BCUT2D eigenvalue weighted by molar-refractivity contribution is -0.113. The van der Waals surface area contributed by atoms with Crippen molar-refractivity contribution in [3.05, 3.63) is 68.1 Å². The molecule has 1 heterocycles. The number of aromatic nitrogens is 2. The molecule has 31 heavy (non-hydrogen) atoms. The van der Waals surface area contributed by atoms with Crippen LogP contribution in [0.1, 0.15) is 0 Å². The second kappa shape index (κ2) is 10.7. The highest BCUT2D eigenvalue weighted by Crippen LogP contribution is 2.47. The lowest BCUT2D eigenvalue weighted by atomic mass is 10.3. The minimum absolute atomic E-state index is 0.00628. The molecule has 0 atom stereocenters. The van der Waals surface area contributed by atoms with Gasteiger partial charge in [-0.05, 0) is 104 Å². The molecule has 3 rings (SSSR count). The fourth-order valence-electron chi connectivity index (χ4n) is 2.44. The third-order valence-corrected chi connectivity index (χ3v) is 11.1. The highest BCUT2D eigenvalue weighted by atomic mass is 79.9. The molecule has 0 radical (unpaired) electrons. The summed E-state index contributed by atoms with van der Waals surface area (Å²) in [5, 5.41) is 3.71. The number of nitrogens with two attached hydrogens (primary N) is 1. The second-order valence-electron chi connectivity index (χ2n) is 5.90. The van der Waals surface area contributed by atoms with Gasteiger partial charge in [-0.25, -0.2) is 0 Å². The Kier molecular flexibility index (Phi) is 8.72. The van der Waals surface area contributed by atoms with Gasteiger partial charge in [-0.3, -0.25) is 14.2 Å². The van der Waals surface area contributed by atoms with Crippen LogP contribution in [0.5, 0.6) is 0 Å². The summed E-state index contributed by atoms with van der Waals surface area (Å²) in [6.45, 7) is 0. The molecule has 0 saturated heterocycles. The van der Waals surface area contributed by atoms with Gasteiger partial charge in [-0.1, -0.05) is 23.4 Å². The number of anilines is 2. The summed E-state index contributed by atoms with van der Waals surface area (Å²) < 4.78 is 5.17. The van der Waals surface area contributed by atoms with Crippen LogP contribution in [0, 0.1) is 0 Å². The lowest BCUT2D eigenvalue weighted by Crippen LogP contribution is -2.19. The van der Waals surface area contributed by atoms with Gasteiger partial charge in [0.15, 0.2) is 5.16 Å². The normalized spacial score (nSPS) is 10.9. The van der Waals surface area contributed by atoms with Gasteiger partial charge < -0.3 is 11.1 Å². The van der Waals surface area contributed by atoms with Crippen LogP contribution in [0.4, 0.5) is 11.5 Å². The Morgan fingerprint density at radius 3 is 2.16 bits per heavy atom. The van der Waals surface area contributed by atoms with Gasteiger partial charge in [0, 0.05) is 30.2 Å². The summed E-state index contributed by atoms with van der Waals surface area (Å²) in [6.07, 6.45) is 0. The maximum Gasteiger partial charge on any atom is 0.275 e. The van der Waals surface area contributed by atoms with Crippen molar-refractivity contribution >= 4 is 120 Å². The molecule has 0 spiro atoms. The van der Waals surface area contributed by atoms with E-state index in [1.165, 1.54) is 6.07 Å². The molecule has 0 aliphatic heterocycles. The van der Waals surface area contributed by atoms with E-state index >= 15 is 0 Å². The summed E-state index contributed by atoms with van der Waals surface area (Å²) >= 11 is 24.4. The van der Waals surface area contributed by atoms with Crippen LogP contribution in [0.25, 0.3) is 5.69 Å². The van der Waals surface area contributed by atoms with Crippen molar-refractivity contribution in [2.45, 2.75) is 5.16 Å². The Bertz CT molecular complexity index is 1210. The monoisotopic (exact) mass is 776 g/mol. The van der Waals surface area contributed by atoms with E-state index < -0.39 is 5.56 Å². The van der Waals surface area contributed by atoms with Gasteiger partial charge in [0.1, 0.15) is 5.82 Å². The van der Waals surface area contributed by atoms with Crippen LogP contribution in [-0.4, -0.2) is 21.2 Å². The Labute approximate surface area is 228 Å². The standard InChI is InChI=1S/C18H10Br5ClN4O2S/c19-12-13(20)15(22)17(16(23)14(12)21)26-11(30)6-31-18-27-10(29)5-9(25)28(18)8-3-1-7(24)2-4-8/h1-5H,6,25H2,(H,26,30). The second-order valence-corrected chi connectivity index (χ2v) is 11.2. The molecule has 13 heteroatoms. The Morgan fingerprint density at radius 2 is 1.58 bits per heavy atom. The SMILES string of the molecule is Nc1cc(=O)nc(SCC(=O)Nc2c(Br)c(Br)c(Br)c(Br)c2Br)n1-c1ccc(Cl)cc1. The topological polar surface area (TPSA) is 90.0 Å². The van der Waals surface area contributed by atoms with Crippen LogP contribution in [0.3, 0.4) is 0 Å². The van der Waals surface area contributed by atoms with E-state index in [4.69, 9.17) is 17.3 Å². The lowest BCUT2D eigenvalue weighted by Gasteiger charge is -2.16. The summed E-state index contributed by atoms with van der Waals surface area (Å²) in [5.74, 6) is -0.100. The highest BCUT2D eigenvalue weighted by molar-refractivity contribution is 9.15. The number of nitrogen functional groups attached to an aromatic ring is 1. The molecule has 0 bridgehead atoms. The molecule has 0 fully saturated rings. The van der Waals surface area contributed by atoms with Crippen molar-refractivity contribution in [3.8, 4) is 5.69 Å². The van der Waals surface area contributed by atoms with Gasteiger partial charge in [-0.2, -0.15) is 4.98 Å². The Balaban J connectivity index is 1.86. The number of rotatable bonds is 5. The number of amides is 1. The number of nitrogens with zero attached hydrogens (tertiary/aromatic N) is 2. The van der Waals surface area contributed by atoms with E-state index in [-0.39, 0.29) is 17.5 Å². The van der Waals surface area contributed by atoms with Gasteiger partial charge in [0.05, 0.1) is 20.4 Å². The Morgan fingerprint density at radius 1 is 1.03 bits per heavy atom. The molecule has 2 aromatic carbocycles. The summed E-state index contributed by atoms with van der Waals surface area (Å²) in [5.41, 5.74) is 6.78. The van der Waals surface area contributed by atoms with E-state index in [0.29, 0.717) is 30.5 Å². The van der Waals surface area contributed by atoms with Crippen LogP contribution in [0.2, 0.25) is 5.02 Å². The fraction of sp³-hybridized carbons (Fsp3) is 0.0556. The predicted molar refractivity (Wildman–Crippen MR) is 144 cm³/mol. The molecule has 162 valence electrons. The number of halogens is 6. The maximum absolute atomic E-state index is 12.7. The Hall–Kier alpha value is -0.370. The van der Waals surface area contributed by atoms with E-state index in [0.717, 1.165) is 25.2 Å². The number of thioether (sulfide) groups is 1. The molecule has 0 unspecified atom stereocenters. The first kappa shape index (κ1) is 25.3. The third kappa shape index (κ3) is 5.77. The van der Waals surface area contributed by atoms with Crippen molar-refractivity contribution in [2.24, 2.45) is 0 Å². The van der Waals surface area contributed by atoms with E-state index in [1.807, 2.05) is 0 Å². The van der Waals surface area contributed by atoms with Crippen molar-refractivity contribution < 1.29 is 4.79 Å². The molecule has 3 N–H and O–H groups in total. The first-order valence-electron chi connectivity index (χ1n) is 8.19. The van der Waals surface area contributed by atoms with Crippen LogP contribution < -0.4 is 16.6 Å². The smallest absolute Gasteiger partial charge is 0.275 e. The number of benzene rings is 2. The predicted octanol–water partition coefficient (Wildman–Crippen LogP) is 7.01. The number of hydrogen-bond donors (Lipinski definition) is 2. The molecule has 0 aliphatic rings. The molecule has 3 aromatic rings. The minimum Gasteiger partial charge on any atom is -0.385 e. The number of hydrogen-bond acceptors (Lipinski definition) is 5. The molecule has 0 aliphatic carbocycles. The van der Waals surface area contributed by atoms with Gasteiger partial charge in [0.25, 0.3) is 5.56 Å². The largest absolute Gasteiger partial charge is 0.385 e. The number of carbonyl (C=O) groups excluding carboxylic acids is 1. The van der Waals surface area contributed by atoms with E-state index in [1.54, 1.807) is 28.8 Å². The zero-order valence-electron chi connectivity index (χ0n) is 15.1. The van der Waals surface area contributed by atoms with Crippen molar-refractivity contribution in [1.29, 1.82) is 0 Å². The van der Waals surface area contributed by atoms with Crippen molar-refractivity contribution in [2.75, 3.05) is 16.8 Å². The molecular formula is C18H10Br5ClN4O2S. The summed E-state index contributed by atoms with van der Waals surface area (Å²) in [6, 6.07) is 8.13. The summed E-state index contributed by atoms with van der Waals surface area (Å²) in [4.78, 5) is 28.6. The van der Waals surface area contributed by atoms with Crippen LogP contribution >= 0.6 is 103 Å². The van der Waals surface area contributed by atoms with E-state index in [2.05, 4.69) is 90.0 Å². The average molecular weight is 781 g/mol. The van der Waals surface area contributed by atoms with Gasteiger partial charge in [-0.15, -0.1) is 0 Å². The zero-order valence-corrected chi connectivity index (χ0v) is 24.6. The minimum atomic E-state index is -0.489. The quantitative estimate of drug-likeness (QED) is 0.126. The van der Waals surface area contributed by atoms with Crippen LogP contribution in [-0.2, 0) is 4.79 Å². The third-order valence-electron chi connectivity index (χ3n) is 3.82. The first-order valence-corrected chi connectivity index (χ1v) is 13.5. The van der Waals surface area contributed by atoms with Gasteiger partial charge in [0.2, 0.25) is 5.91 Å². The van der Waals surface area contributed by atoms with Crippen molar-refractivity contribution in [3.63, 3.8) is 0 Å². The van der Waals surface area contributed by atoms with Crippen LogP contribution in [0.15, 0.2) is 62.6 Å². The fourth-order valence-corrected chi connectivity index (χ4v) is 6.64. The highest BCUT2D eigenvalue weighted by Gasteiger charge is 2.20. The van der Waals surface area contributed by atoms with Gasteiger partial charge >= 0.3 is 0 Å². The van der Waals surface area contributed by atoms with E-state index in [9.17, 15) is 9.59 Å². The number of nitrogens with one attached hydrogen (secondary N) is 1. The van der Waals surface area contributed by atoms with Crippen molar-refractivity contribution in [1.82, 2.24) is 9.55 Å². The molecule has 6 nitrogen and oxygen atoms in total.